The first-order chi connectivity index (χ1) is 25.4. The number of esters is 1. The van der Waals surface area contributed by atoms with E-state index in [1.807, 2.05) is 6.92 Å². The number of hydrogen-bond acceptors (Lipinski definition) is 12. The van der Waals surface area contributed by atoms with Gasteiger partial charge in [0, 0.05) is 36.8 Å². The minimum absolute atomic E-state index is 0.0191. The summed E-state index contributed by atoms with van der Waals surface area (Å²) in [6, 6.07) is 5.00. The monoisotopic (exact) mass is 764 g/mol. The van der Waals surface area contributed by atoms with Crippen LogP contribution in [0, 0.1) is 12.7 Å². The van der Waals surface area contributed by atoms with E-state index in [0.717, 1.165) is 17.7 Å². The number of imidazole rings is 1. The maximum Gasteiger partial charge on any atom is 0.425 e. The van der Waals surface area contributed by atoms with Crippen LogP contribution in [0.5, 0.6) is 5.75 Å². The van der Waals surface area contributed by atoms with Crippen LogP contribution < -0.4 is 9.64 Å². The first-order valence-electron chi connectivity index (χ1n) is 17.5. The summed E-state index contributed by atoms with van der Waals surface area (Å²) in [4.78, 5) is 69.1. The molecule has 0 bridgehead atoms. The van der Waals surface area contributed by atoms with Crippen molar-refractivity contribution < 1.29 is 47.3 Å². The number of fused-ring (bicyclic) bond motifs is 1. The quantitative estimate of drug-likeness (QED) is 0.125. The van der Waals surface area contributed by atoms with E-state index in [2.05, 4.69) is 9.97 Å². The molecule has 0 aliphatic rings. The maximum atomic E-state index is 14.7. The lowest BCUT2D eigenvalue weighted by Crippen LogP contribution is -2.44. The molecule has 0 spiro atoms. The van der Waals surface area contributed by atoms with Gasteiger partial charge in [-0.1, -0.05) is 0 Å². The molecule has 0 fully saturated rings. The van der Waals surface area contributed by atoms with Crippen LogP contribution in [0.4, 0.5) is 24.6 Å². The lowest BCUT2D eigenvalue weighted by Gasteiger charge is -2.29. The smallest absolute Gasteiger partial charge is 0.425 e. The molecule has 0 N–H and O–H groups in total. The summed E-state index contributed by atoms with van der Waals surface area (Å²) >= 11 is 0. The van der Waals surface area contributed by atoms with Gasteiger partial charge in [-0.15, -0.1) is 0 Å². The third-order valence-corrected chi connectivity index (χ3v) is 7.40. The summed E-state index contributed by atoms with van der Waals surface area (Å²) in [6.45, 7) is 18.4. The van der Waals surface area contributed by atoms with Crippen molar-refractivity contribution in [2.75, 3.05) is 19.1 Å². The number of aryl methyl sites for hydroxylation is 1. The highest BCUT2D eigenvalue weighted by atomic mass is 19.1. The minimum atomic E-state index is -1.12. The predicted octanol–water partition coefficient (Wildman–Crippen LogP) is 8.21. The molecule has 15 nitrogen and oxygen atoms in total. The highest BCUT2D eigenvalue weighted by molar-refractivity contribution is 6.10. The van der Waals surface area contributed by atoms with Gasteiger partial charge in [0.05, 0.1) is 30.6 Å². The first kappa shape index (κ1) is 41.9. The number of ether oxygens (including phenoxy) is 5. The van der Waals surface area contributed by atoms with E-state index in [4.69, 9.17) is 28.7 Å². The summed E-state index contributed by atoms with van der Waals surface area (Å²) in [5, 5.41) is 0. The van der Waals surface area contributed by atoms with Gasteiger partial charge in [-0.3, -0.25) is 4.40 Å². The molecule has 1 unspecified atom stereocenters. The molecule has 0 radical (unpaired) electrons. The van der Waals surface area contributed by atoms with Crippen LogP contribution in [0.25, 0.3) is 17.0 Å². The number of benzene rings is 1. The van der Waals surface area contributed by atoms with E-state index in [-0.39, 0.29) is 29.2 Å². The molecule has 1 atom stereocenters. The van der Waals surface area contributed by atoms with Crippen molar-refractivity contribution in [2.45, 2.75) is 106 Å². The Hall–Kier alpha value is -5.80. The number of amides is 3. The molecular formula is C39H49FN6O9. The number of rotatable bonds is 8. The molecule has 296 valence electrons. The number of pyridine rings is 1. The number of carbonyl (C=O) groups is 4. The number of anilines is 1. The molecule has 3 aromatic heterocycles. The van der Waals surface area contributed by atoms with E-state index in [0.29, 0.717) is 27.6 Å². The predicted molar refractivity (Wildman–Crippen MR) is 200 cm³/mol. The van der Waals surface area contributed by atoms with Crippen molar-refractivity contribution in [3.05, 3.63) is 71.1 Å². The summed E-state index contributed by atoms with van der Waals surface area (Å²) in [7, 11) is 2.76. The van der Waals surface area contributed by atoms with Crippen LogP contribution in [0.15, 0.2) is 42.9 Å². The summed E-state index contributed by atoms with van der Waals surface area (Å²) in [5.41, 5.74) is -0.715. The van der Waals surface area contributed by atoms with E-state index >= 15 is 0 Å². The fraction of sp³-hybridized carbons (Fsp3) is 0.462. The van der Waals surface area contributed by atoms with Gasteiger partial charge in [0.15, 0.2) is 11.6 Å². The Morgan fingerprint density at radius 1 is 0.855 bits per heavy atom. The van der Waals surface area contributed by atoms with Crippen molar-refractivity contribution in [2.24, 2.45) is 0 Å². The lowest BCUT2D eigenvalue weighted by atomic mass is 10.0. The SMILES string of the molecule is COC(=O)c1ccc(F)cc1C(C)Oc1cc(-c2c(CN(C)C(=O)OC(C)(C)C)nc3ncc(C)cn23)cnc1N(C(=O)OC(C)(C)C)C(=O)OC(C)(C)C. The van der Waals surface area contributed by atoms with E-state index in [9.17, 15) is 23.6 Å². The highest BCUT2D eigenvalue weighted by Crippen LogP contribution is 2.38. The standard InChI is InChI=1S/C39H49FN6O9/c1-22-18-42-33-43-28(21-44(12)34(48)53-37(3,4)5)30(45(33)20-22)24-16-29(52-23(2)27-17-25(40)14-15-26(27)32(47)51-13)31(41-19-24)46(35(49)54-38(6,7)8)36(50)55-39(9,10)11/h14-20,23H,21H2,1-13H3. The van der Waals surface area contributed by atoms with E-state index in [1.54, 1.807) is 93.1 Å². The topological polar surface area (TPSA) is 164 Å². The minimum Gasteiger partial charge on any atom is -0.482 e. The molecule has 1 aromatic carbocycles. The van der Waals surface area contributed by atoms with Gasteiger partial charge in [0.2, 0.25) is 5.78 Å². The average Bonchev–Trinajstić information content (AvgIpc) is 3.39. The number of halogens is 1. The third kappa shape index (κ3) is 10.7. The van der Waals surface area contributed by atoms with Crippen molar-refractivity contribution in [1.82, 2.24) is 24.3 Å². The van der Waals surface area contributed by atoms with Crippen molar-refractivity contribution in [3.63, 3.8) is 0 Å². The molecule has 3 amide bonds. The van der Waals surface area contributed by atoms with Crippen LogP contribution in [0.1, 0.15) is 103 Å². The zero-order chi connectivity index (χ0) is 41.2. The van der Waals surface area contributed by atoms with E-state index in [1.165, 1.54) is 30.3 Å². The van der Waals surface area contributed by atoms with Crippen LogP contribution in [-0.4, -0.2) is 79.5 Å². The Bertz CT molecular complexity index is 2070. The Kier molecular flexibility index (Phi) is 12.1. The van der Waals surface area contributed by atoms with Crippen molar-refractivity contribution >= 4 is 35.8 Å². The molecule has 3 heterocycles. The number of hydrogen-bond donors (Lipinski definition) is 0. The van der Waals surface area contributed by atoms with Crippen LogP contribution >= 0.6 is 0 Å². The second kappa shape index (κ2) is 15.9. The van der Waals surface area contributed by atoms with Crippen molar-refractivity contribution in [3.8, 4) is 17.0 Å². The fourth-order valence-corrected chi connectivity index (χ4v) is 5.23. The largest absolute Gasteiger partial charge is 0.482 e. The Balaban J connectivity index is 1.99. The maximum absolute atomic E-state index is 14.7. The average molecular weight is 765 g/mol. The molecule has 0 saturated heterocycles. The molecule has 4 rings (SSSR count). The lowest BCUT2D eigenvalue weighted by molar-refractivity contribution is 0.0282. The zero-order valence-corrected chi connectivity index (χ0v) is 33.6. The van der Waals surface area contributed by atoms with Crippen LogP contribution in [0.2, 0.25) is 0 Å². The number of aromatic nitrogens is 4. The van der Waals surface area contributed by atoms with Gasteiger partial charge in [-0.25, -0.2) is 38.5 Å². The highest BCUT2D eigenvalue weighted by Gasteiger charge is 2.37. The van der Waals surface area contributed by atoms with Gasteiger partial charge in [0.1, 0.15) is 28.7 Å². The second-order valence-corrected chi connectivity index (χ2v) is 15.9. The zero-order valence-electron chi connectivity index (χ0n) is 33.6. The first-order valence-corrected chi connectivity index (χ1v) is 17.5. The molecular weight excluding hydrogens is 715 g/mol. The fourth-order valence-electron chi connectivity index (χ4n) is 5.23. The number of imide groups is 1. The molecule has 0 saturated carbocycles. The van der Waals surface area contributed by atoms with Gasteiger partial charge in [-0.05, 0) is 106 Å². The van der Waals surface area contributed by atoms with Gasteiger partial charge in [0.25, 0.3) is 0 Å². The normalized spacial score (nSPS) is 12.5. The van der Waals surface area contributed by atoms with Crippen LogP contribution in [0.3, 0.4) is 0 Å². The third-order valence-electron chi connectivity index (χ3n) is 7.40. The second-order valence-electron chi connectivity index (χ2n) is 15.9. The number of methoxy groups -OCH3 is 1. The number of carbonyl (C=O) groups excluding carboxylic acids is 4. The summed E-state index contributed by atoms with van der Waals surface area (Å²) in [5.74, 6) is -1.58. The van der Waals surface area contributed by atoms with Gasteiger partial charge < -0.3 is 28.6 Å². The Morgan fingerprint density at radius 2 is 1.44 bits per heavy atom. The summed E-state index contributed by atoms with van der Waals surface area (Å²) < 4.78 is 44.5. The van der Waals surface area contributed by atoms with Crippen molar-refractivity contribution in [1.29, 1.82) is 0 Å². The molecule has 0 aliphatic heterocycles. The van der Waals surface area contributed by atoms with Crippen LogP contribution in [-0.2, 0) is 25.5 Å². The molecule has 16 heteroatoms. The van der Waals surface area contributed by atoms with Gasteiger partial charge in [-0.2, -0.15) is 4.90 Å². The molecule has 55 heavy (non-hydrogen) atoms. The Morgan fingerprint density at radius 3 is 2.00 bits per heavy atom. The molecule has 4 aromatic rings. The van der Waals surface area contributed by atoms with E-state index < -0.39 is 53.0 Å². The summed E-state index contributed by atoms with van der Waals surface area (Å²) in [6.07, 6.45) is 0.907. The Labute approximate surface area is 319 Å². The number of nitrogens with zero attached hydrogens (tertiary/aromatic N) is 6. The molecule has 0 aliphatic carbocycles. The van der Waals surface area contributed by atoms with Gasteiger partial charge >= 0.3 is 24.2 Å².